The number of carbonyl (C=O) groups excluding carboxylic acids is 1. The third kappa shape index (κ3) is 3.53. The first kappa shape index (κ1) is 13.7. The van der Waals surface area contributed by atoms with Crippen LogP contribution < -0.4 is 5.73 Å². The van der Waals surface area contributed by atoms with Gasteiger partial charge in [0, 0.05) is 6.54 Å². The number of hydrogen-bond acceptors (Lipinski definition) is 4. The van der Waals surface area contributed by atoms with Gasteiger partial charge >= 0.3 is 0 Å². The fraction of sp³-hybridized carbons (Fsp3) is 0.556. The Bertz CT molecular complexity index is 466. The summed E-state index contributed by atoms with van der Waals surface area (Å²) in [7, 11) is -3.73. The first-order chi connectivity index (χ1) is 7.84. The lowest BCUT2D eigenvalue weighted by molar-refractivity contribution is -0.118. The van der Waals surface area contributed by atoms with E-state index in [9.17, 15) is 13.2 Å². The number of H-pyrrole nitrogens is 1. The molecule has 1 heterocycles. The van der Waals surface area contributed by atoms with Crippen molar-refractivity contribution in [2.45, 2.75) is 18.9 Å². The van der Waals surface area contributed by atoms with Crippen LogP contribution in [0.1, 0.15) is 13.8 Å². The zero-order valence-corrected chi connectivity index (χ0v) is 10.6. The largest absolute Gasteiger partial charge is 0.369 e. The summed E-state index contributed by atoms with van der Waals surface area (Å²) in [5.41, 5.74) is 5.05. The van der Waals surface area contributed by atoms with Crippen molar-refractivity contribution < 1.29 is 13.2 Å². The number of nitrogens with two attached hydrogens (primary N) is 1. The van der Waals surface area contributed by atoms with Gasteiger partial charge < -0.3 is 5.73 Å². The Balaban J connectivity index is 3.00. The summed E-state index contributed by atoms with van der Waals surface area (Å²) < 4.78 is 25.3. The van der Waals surface area contributed by atoms with E-state index in [4.69, 9.17) is 5.73 Å². The molecule has 0 aliphatic rings. The second-order valence-electron chi connectivity index (χ2n) is 4.08. The molecule has 1 aromatic heterocycles. The number of primary amides is 1. The van der Waals surface area contributed by atoms with Gasteiger partial charge in [0.25, 0.3) is 10.0 Å². The second kappa shape index (κ2) is 5.28. The molecule has 0 fully saturated rings. The van der Waals surface area contributed by atoms with E-state index in [2.05, 4.69) is 10.2 Å². The standard InChI is InChI=1S/C9H16N4O3S/c1-7(2)5-13(6-8(10)14)17(15,16)9-3-4-11-12-9/h3-4,7H,5-6H2,1-2H3,(H2,10,14)(H,11,12). The number of nitrogens with one attached hydrogen (secondary N) is 1. The highest BCUT2D eigenvalue weighted by Crippen LogP contribution is 2.13. The molecule has 17 heavy (non-hydrogen) atoms. The molecule has 1 aromatic rings. The number of carbonyl (C=O) groups is 1. The number of nitrogens with zero attached hydrogens (tertiary/aromatic N) is 2. The van der Waals surface area contributed by atoms with Crippen molar-refractivity contribution in [3.63, 3.8) is 0 Å². The molecule has 0 unspecified atom stereocenters. The molecule has 1 amide bonds. The Morgan fingerprint density at radius 1 is 1.59 bits per heavy atom. The van der Waals surface area contributed by atoms with Gasteiger partial charge in [-0.3, -0.25) is 9.89 Å². The molecule has 1 rings (SSSR count). The molecule has 96 valence electrons. The average Bonchev–Trinajstić information content (AvgIpc) is 2.68. The van der Waals surface area contributed by atoms with Gasteiger partial charge in [0.15, 0.2) is 5.03 Å². The molecule has 0 aliphatic heterocycles. The van der Waals surface area contributed by atoms with Crippen molar-refractivity contribution in [1.82, 2.24) is 14.5 Å². The van der Waals surface area contributed by atoms with Gasteiger partial charge in [-0.05, 0) is 12.0 Å². The molecule has 0 aliphatic carbocycles. The number of hydrogen-bond donors (Lipinski definition) is 2. The van der Waals surface area contributed by atoms with Crippen molar-refractivity contribution in [2.75, 3.05) is 13.1 Å². The van der Waals surface area contributed by atoms with E-state index in [0.29, 0.717) is 0 Å². The van der Waals surface area contributed by atoms with Crippen LogP contribution in [0.5, 0.6) is 0 Å². The zero-order chi connectivity index (χ0) is 13.1. The Labute approximate surface area is 100 Å². The number of rotatable bonds is 6. The van der Waals surface area contributed by atoms with Crippen molar-refractivity contribution >= 4 is 15.9 Å². The Morgan fingerprint density at radius 3 is 2.65 bits per heavy atom. The zero-order valence-electron chi connectivity index (χ0n) is 9.75. The van der Waals surface area contributed by atoms with E-state index in [1.54, 1.807) is 0 Å². The van der Waals surface area contributed by atoms with Gasteiger partial charge in [-0.25, -0.2) is 8.42 Å². The molecule has 0 saturated heterocycles. The van der Waals surface area contributed by atoms with Crippen LogP contribution in [0.4, 0.5) is 0 Å². The SMILES string of the molecule is CC(C)CN(CC(N)=O)S(=O)(=O)c1ccn[nH]1. The van der Waals surface area contributed by atoms with Crippen LogP contribution in [0.2, 0.25) is 0 Å². The summed E-state index contributed by atoms with van der Waals surface area (Å²) in [5, 5.41) is 5.91. The maximum Gasteiger partial charge on any atom is 0.260 e. The van der Waals surface area contributed by atoms with Crippen LogP contribution in [0, 0.1) is 5.92 Å². The minimum Gasteiger partial charge on any atom is -0.369 e. The number of aromatic nitrogens is 2. The van der Waals surface area contributed by atoms with Crippen molar-refractivity contribution in [2.24, 2.45) is 11.7 Å². The molecule has 0 aromatic carbocycles. The van der Waals surface area contributed by atoms with Gasteiger partial charge in [0.05, 0.1) is 12.7 Å². The van der Waals surface area contributed by atoms with Crippen LogP contribution in [0.3, 0.4) is 0 Å². The highest BCUT2D eigenvalue weighted by Gasteiger charge is 2.27. The first-order valence-corrected chi connectivity index (χ1v) is 6.56. The minimum absolute atomic E-state index is 0.0422. The topological polar surface area (TPSA) is 109 Å². The normalized spacial score (nSPS) is 12.2. The van der Waals surface area contributed by atoms with Gasteiger partial charge in [0.2, 0.25) is 5.91 Å². The van der Waals surface area contributed by atoms with Crippen molar-refractivity contribution in [1.29, 1.82) is 0 Å². The third-order valence-corrected chi connectivity index (χ3v) is 3.74. The second-order valence-corrected chi connectivity index (χ2v) is 5.98. The molecule has 0 bridgehead atoms. The van der Waals surface area contributed by atoms with E-state index in [1.807, 2.05) is 13.8 Å². The molecular formula is C9H16N4O3S. The Kier molecular flexibility index (Phi) is 4.24. The maximum atomic E-state index is 12.1. The van der Waals surface area contributed by atoms with Crippen LogP contribution in [0.25, 0.3) is 0 Å². The van der Waals surface area contributed by atoms with Crippen molar-refractivity contribution in [3.05, 3.63) is 12.3 Å². The van der Waals surface area contributed by atoms with E-state index < -0.39 is 15.9 Å². The Morgan fingerprint density at radius 2 is 2.24 bits per heavy atom. The number of aromatic amines is 1. The highest BCUT2D eigenvalue weighted by molar-refractivity contribution is 7.89. The third-order valence-electron chi connectivity index (χ3n) is 1.99. The lowest BCUT2D eigenvalue weighted by Gasteiger charge is -2.21. The van der Waals surface area contributed by atoms with Gasteiger partial charge in [0.1, 0.15) is 0 Å². The molecule has 0 spiro atoms. The monoisotopic (exact) mass is 260 g/mol. The average molecular weight is 260 g/mol. The molecule has 0 radical (unpaired) electrons. The van der Waals surface area contributed by atoms with Crippen LogP contribution in [0.15, 0.2) is 17.3 Å². The molecular weight excluding hydrogens is 244 g/mol. The quantitative estimate of drug-likeness (QED) is 0.721. The fourth-order valence-corrected chi connectivity index (χ4v) is 2.83. The van der Waals surface area contributed by atoms with Crippen LogP contribution in [-0.4, -0.2) is 41.9 Å². The molecule has 0 saturated carbocycles. The summed E-state index contributed by atoms with van der Waals surface area (Å²) in [6.07, 6.45) is 1.34. The summed E-state index contributed by atoms with van der Waals surface area (Å²) in [6, 6.07) is 1.34. The van der Waals surface area contributed by atoms with Gasteiger partial charge in [-0.15, -0.1) is 0 Å². The predicted molar refractivity (Wildman–Crippen MR) is 61.4 cm³/mol. The number of amides is 1. The Hall–Kier alpha value is -1.41. The van der Waals surface area contributed by atoms with E-state index in [1.165, 1.54) is 12.3 Å². The molecule has 0 atom stereocenters. The van der Waals surface area contributed by atoms with Gasteiger partial charge in [-0.1, -0.05) is 13.8 Å². The summed E-state index contributed by atoms with van der Waals surface area (Å²) in [5.74, 6) is -0.596. The lowest BCUT2D eigenvalue weighted by atomic mass is 10.2. The lowest BCUT2D eigenvalue weighted by Crippen LogP contribution is -2.40. The van der Waals surface area contributed by atoms with Gasteiger partial charge in [-0.2, -0.15) is 9.40 Å². The fourth-order valence-electron chi connectivity index (χ4n) is 1.35. The molecule has 3 N–H and O–H groups in total. The van der Waals surface area contributed by atoms with Crippen molar-refractivity contribution in [3.8, 4) is 0 Å². The highest BCUT2D eigenvalue weighted by atomic mass is 32.2. The first-order valence-electron chi connectivity index (χ1n) is 5.12. The minimum atomic E-state index is -3.73. The summed E-state index contributed by atoms with van der Waals surface area (Å²) in [6.45, 7) is 3.61. The van der Waals surface area contributed by atoms with E-state index in [-0.39, 0.29) is 24.0 Å². The van der Waals surface area contributed by atoms with E-state index in [0.717, 1.165) is 4.31 Å². The maximum absolute atomic E-state index is 12.1. The van der Waals surface area contributed by atoms with Crippen LogP contribution >= 0.6 is 0 Å². The number of sulfonamides is 1. The van der Waals surface area contributed by atoms with E-state index >= 15 is 0 Å². The predicted octanol–water partition coefficient (Wildman–Crippen LogP) is -0.458. The van der Waals surface area contributed by atoms with Crippen LogP contribution in [-0.2, 0) is 14.8 Å². The smallest absolute Gasteiger partial charge is 0.260 e. The molecule has 7 nitrogen and oxygen atoms in total. The summed E-state index contributed by atoms with van der Waals surface area (Å²) >= 11 is 0. The summed E-state index contributed by atoms with van der Waals surface area (Å²) in [4.78, 5) is 10.9. The molecule has 8 heteroatoms.